The van der Waals surface area contributed by atoms with E-state index in [-0.39, 0.29) is 5.82 Å². The zero-order chi connectivity index (χ0) is 13.0. The summed E-state index contributed by atoms with van der Waals surface area (Å²) < 4.78 is 13.1. The Morgan fingerprint density at radius 1 is 1.33 bits per heavy atom. The van der Waals surface area contributed by atoms with Crippen molar-refractivity contribution in [1.82, 2.24) is 4.90 Å². The van der Waals surface area contributed by atoms with Crippen LogP contribution < -0.4 is 5.73 Å². The predicted octanol–water partition coefficient (Wildman–Crippen LogP) is 2.63. The lowest BCUT2D eigenvalue weighted by Gasteiger charge is -2.25. The SMILES string of the molecule is CN(Cc1cccc(F)c1)CC1CCCC1CN. The maximum atomic E-state index is 13.1. The molecule has 0 saturated heterocycles. The minimum Gasteiger partial charge on any atom is -0.330 e. The average molecular weight is 250 g/mol. The molecule has 1 aromatic carbocycles. The molecule has 2 unspecified atom stereocenters. The number of rotatable bonds is 5. The summed E-state index contributed by atoms with van der Waals surface area (Å²) in [6, 6.07) is 6.86. The zero-order valence-electron chi connectivity index (χ0n) is 11.1. The Morgan fingerprint density at radius 2 is 2.11 bits per heavy atom. The molecule has 2 atom stereocenters. The maximum absolute atomic E-state index is 13.1. The first-order chi connectivity index (χ1) is 8.69. The number of nitrogens with zero attached hydrogens (tertiary/aromatic N) is 1. The van der Waals surface area contributed by atoms with E-state index in [4.69, 9.17) is 5.73 Å². The van der Waals surface area contributed by atoms with E-state index in [1.165, 1.54) is 25.3 Å². The van der Waals surface area contributed by atoms with Crippen LogP contribution in [0.5, 0.6) is 0 Å². The van der Waals surface area contributed by atoms with Gasteiger partial charge < -0.3 is 10.6 Å². The first-order valence-electron chi connectivity index (χ1n) is 6.82. The molecule has 1 aliphatic carbocycles. The van der Waals surface area contributed by atoms with Crippen molar-refractivity contribution in [2.45, 2.75) is 25.8 Å². The van der Waals surface area contributed by atoms with Gasteiger partial charge in [-0.05, 0) is 56.0 Å². The molecule has 100 valence electrons. The van der Waals surface area contributed by atoms with Gasteiger partial charge in [0.15, 0.2) is 0 Å². The molecule has 2 rings (SSSR count). The third-order valence-corrected chi connectivity index (χ3v) is 4.01. The summed E-state index contributed by atoms with van der Waals surface area (Å²) in [5.41, 5.74) is 6.85. The summed E-state index contributed by atoms with van der Waals surface area (Å²) >= 11 is 0. The van der Waals surface area contributed by atoms with Crippen molar-refractivity contribution in [3.63, 3.8) is 0 Å². The van der Waals surface area contributed by atoms with Gasteiger partial charge in [0.2, 0.25) is 0 Å². The molecule has 0 spiro atoms. The van der Waals surface area contributed by atoms with Crippen molar-refractivity contribution < 1.29 is 4.39 Å². The van der Waals surface area contributed by atoms with Crippen molar-refractivity contribution >= 4 is 0 Å². The summed E-state index contributed by atoms with van der Waals surface area (Å²) in [7, 11) is 2.11. The molecule has 0 heterocycles. The Kier molecular flexibility index (Phi) is 4.72. The minimum absolute atomic E-state index is 0.151. The number of nitrogens with two attached hydrogens (primary N) is 1. The Morgan fingerprint density at radius 3 is 2.83 bits per heavy atom. The molecule has 0 aliphatic heterocycles. The van der Waals surface area contributed by atoms with Crippen LogP contribution >= 0.6 is 0 Å². The lowest BCUT2D eigenvalue weighted by atomic mass is 9.95. The summed E-state index contributed by atoms with van der Waals surface area (Å²) in [5.74, 6) is 1.25. The number of benzene rings is 1. The third kappa shape index (κ3) is 3.53. The van der Waals surface area contributed by atoms with Crippen LogP contribution in [0.4, 0.5) is 4.39 Å². The highest BCUT2D eigenvalue weighted by molar-refractivity contribution is 5.16. The van der Waals surface area contributed by atoms with Crippen molar-refractivity contribution in [3.8, 4) is 0 Å². The molecule has 0 bridgehead atoms. The largest absolute Gasteiger partial charge is 0.330 e. The molecule has 0 aromatic heterocycles. The van der Waals surface area contributed by atoms with E-state index >= 15 is 0 Å². The molecular formula is C15H23FN2. The predicted molar refractivity (Wildman–Crippen MR) is 72.6 cm³/mol. The van der Waals surface area contributed by atoms with Crippen molar-refractivity contribution in [1.29, 1.82) is 0 Å². The van der Waals surface area contributed by atoms with Crippen molar-refractivity contribution in [2.24, 2.45) is 17.6 Å². The fourth-order valence-electron chi connectivity index (χ4n) is 3.08. The standard InChI is InChI=1S/C15H23FN2/c1-18(10-12-4-2-7-15(16)8-12)11-14-6-3-5-13(14)9-17/h2,4,7-8,13-14H,3,5-6,9-11,17H2,1H3. The van der Waals surface area contributed by atoms with Gasteiger partial charge in [-0.2, -0.15) is 0 Å². The van der Waals surface area contributed by atoms with E-state index in [0.29, 0.717) is 11.8 Å². The molecule has 1 saturated carbocycles. The zero-order valence-corrected chi connectivity index (χ0v) is 11.1. The Balaban J connectivity index is 1.86. The smallest absolute Gasteiger partial charge is 0.123 e. The summed E-state index contributed by atoms with van der Waals surface area (Å²) in [4.78, 5) is 2.29. The number of halogens is 1. The highest BCUT2D eigenvalue weighted by atomic mass is 19.1. The molecular weight excluding hydrogens is 227 g/mol. The highest BCUT2D eigenvalue weighted by Gasteiger charge is 2.26. The minimum atomic E-state index is -0.151. The van der Waals surface area contributed by atoms with Crippen molar-refractivity contribution in [3.05, 3.63) is 35.6 Å². The molecule has 0 amide bonds. The van der Waals surface area contributed by atoms with Crippen LogP contribution in [-0.4, -0.2) is 25.0 Å². The van der Waals surface area contributed by atoms with Gasteiger partial charge in [-0.25, -0.2) is 4.39 Å². The molecule has 1 aliphatic rings. The fourth-order valence-corrected chi connectivity index (χ4v) is 3.08. The molecule has 2 N–H and O–H groups in total. The van der Waals surface area contributed by atoms with Gasteiger partial charge >= 0.3 is 0 Å². The van der Waals surface area contributed by atoms with E-state index in [2.05, 4.69) is 11.9 Å². The van der Waals surface area contributed by atoms with Crippen LogP contribution in [0.2, 0.25) is 0 Å². The lowest BCUT2D eigenvalue weighted by molar-refractivity contribution is 0.236. The molecule has 1 aromatic rings. The topological polar surface area (TPSA) is 29.3 Å². The lowest BCUT2D eigenvalue weighted by Crippen LogP contribution is -2.30. The van der Waals surface area contributed by atoms with Gasteiger partial charge in [-0.1, -0.05) is 18.6 Å². The number of hydrogen-bond acceptors (Lipinski definition) is 2. The van der Waals surface area contributed by atoms with Gasteiger partial charge in [-0.3, -0.25) is 0 Å². The number of hydrogen-bond donors (Lipinski definition) is 1. The first-order valence-corrected chi connectivity index (χ1v) is 6.82. The van der Waals surface area contributed by atoms with Crippen LogP contribution in [0.3, 0.4) is 0 Å². The second-order valence-corrected chi connectivity index (χ2v) is 5.51. The van der Waals surface area contributed by atoms with Crippen LogP contribution in [0.1, 0.15) is 24.8 Å². The summed E-state index contributed by atoms with van der Waals surface area (Å²) in [6.45, 7) is 2.68. The van der Waals surface area contributed by atoms with Gasteiger partial charge in [0.05, 0.1) is 0 Å². The van der Waals surface area contributed by atoms with Crippen molar-refractivity contribution in [2.75, 3.05) is 20.1 Å². The highest BCUT2D eigenvalue weighted by Crippen LogP contribution is 2.31. The maximum Gasteiger partial charge on any atom is 0.123 e. The van der Waals surface area contributed by atoms with Gasteiger partial charge in [0.1, 0.15) is 5.82 Å². The van der Waals surface area contributed by atoms with Crippen LogP contribution in [0, 0.1) is 17.7 Å². The third-order valence-electron chi connectivity index (χ3n) is 4.01. The summed E-state index contributed by atoms with van der Waals surface area (Å²) in [6.07, 6.45) is 3.87. The average Bonchev–Trinajstić information content (AvgIpc) is 2.76. The van der Waals surface area contributed by atoms with E-state index in [1.807, 2.05) is 6.07 Å². The molecule has 2 nitrogen and oxygen atoms in total. The van der Waals surface area contributed by atoms with Gasteiger partial charge in [0, 0.05) is 13.1 Å². The Bertz CT molecular complexity index is 381. The van der Waals surface area contributed by atoms with Gasteiger partial charge in [-0.15, -0.1) is 0 Å². The van der Waals surface area contributed by atoms with E-state index in [1.54, 1.807) is 12.1 Å². The van der Waals surface area contributed by atoms with Crippen LogP contribution in [-0.2, 0) is 6.54 Å². The molecule has 3 heteroatoms. The van der Waals surface area contributed by atoms with Crippen LogP contribution in [0.15, 0.2) is 24.3 Å². The van der Waals surface area contributed by atoms with Gasteiger partial charge in [0.25, 0.3) is 0 Å². The second-order valence-electron chi connectivity index (χ2n) is 5.51. The van der Waals surface area contributed by atoms with E-state index in [0.717, 1.165) is 25.2 Å². The Hall–Kier alpha value is -0.930. The summed E-state index contributed by atoms with van der Waals surface area (Å²) in [5, 5.41) is 0. The monoisotopic (exact) mass is 250 g/mol. The first kappa shape index (κ1) is 13.5. The molecule has 0 radical (unpaired) electrons. The quantitative estimate of drug-likeness (QED) is 0.870. The fraction of sp³-hybridized carbons (Fsp3) is 0.600. The van der Waals surface area contributed by atoms with Crippen LogP contribution in [0.25, 0.3) is 0 Å². The normalized spacial score (nSPS) is 23.8. The van der Waals surface area contributed by atoms with E-state index < -0.39 is 0 Å². The molecule has 18 heavy (non-hydrogen) atoms. The molecule has 1 fully saturated rings. The second kappa shape index (κ2) is 6.30. The Labute approximate surface area is 109 Å². The van der Waals surface area contributed by atoms with E-state index in [9.17, 15) is 4.39 Å².